The summed E-state index contributed by atoms with van der Waals surface area (Å²) in [5, 5.41) is 25.9. The summed E-state index contributed by atoms with van der Waals surface area (Å²) in [6, 6.07) is 8.90. The van der Waals surface area contributed by atoms with Crippen molar-refractivity contribution in [2.24, 2.45) is 11.7 Å². The van der Waals surface area contributed by atoms with Crippen LogP contribution in [0.4, 0.5) is 11.5 Å². The molecule has 0 spiro atoms. The largest absolute Gasteiger partial charge is 0.495 e. The van der Waals surface area contributed by atoms with Gasteiger partial charge in [0, 0.05) is 24.6 Å². The van der Waals surface area contributed by atoms with E-state index in [0.717, 1.165) is 0 Å². The number of carbonyl (C=O) groups is 1. The minimum Gasteiger partial charge on any atom is -0.495 e. The van der Waals surface area contributed by atoms with Gasteiger partial charge in [0.05, 0.1) is 37.3 Å². The Morgan fingerprint density at radius 2 is 2.30 bits per heavy atom. The first kappa shape index (κ1) is 18.2. The number of primary amides is 1. The monoisotopic (exact) mass is 366 g/mol. The van der Waals surface area contributed by atoms with Crippen LogP contribution in [0.25, 0.3) is 0 Å². The van der Waals surface area contributed by atoms with E-state index in [1.165, 1.54) is 13.3 Å². The highest BCUT2D eigenvalue weighted by Gasteiger charge is 2.29. The highest BCUT2D eigenvalue weighted by molar-refractivity contribution is 5.98. The summed E-state index contributed by atoms with van der Waals surface area (Å²) in [6.45, 7) is 0.858. The summed E-state index contributed by atoms with van der Waals surface area (Å²) in [7, 11) is 1.47. The molecule has 1 aromatic carbocycles. The molecule has 3 rings (SSSR count). The maximum atomic E-state index is 11.8. The fourth-order valence-corrected chi connectivity index (χ4v) is 2.97. The number of rotatable bonds is 5. The fourth-order valence-electron chi connectivity index (χ4n) is 2.97. The van der Waals surface area contributed by atoms with Crippen LogP contribution in [0.15, 0.2) is 24.4 Å². The van der Waals surface area contributed by atoms with Gasteiger partial charge in [-0.2, -0.15) is 15.6 Å². The Morgan fingerprint density at radius 1 is 1.48 bits per heavy atom. The summed E-state index contributed by atoms with van der Waals surface area (Å²) in [5.41, 5.74) is 6.65. The van der Waals surface area contributed by atoms with Crippen LogP contribution in [0, 0.1) is 28.6 Å². The average molecular weight is 366 g/mol. The van der Waals surface area contributed by atoms with Gasteiger partial charge in [-0.05, 0) is 18.6 Å². The van der Waals surface area contributed by atoms with Crippen molar-refractivity contribution in [1.29, 1.82) is 10.5 Å². The smallest absolute Gasteiger partial charge is 0.254 e. The minimum absolute atomic E-state index is 0.195. The van der Waals surface area contributed by atoms with Gasteiger partial charge in [0.2, 0.25) is 0 Å². The molecule has 138 valence electrons. The Hall–Kier alpha value is -3.56. The topological polar surface area (TPSA) is 139 Å². The Balaban J connectivity index is 1.94. The Labute approximate surface area is 155 Å². The van der Waals surface area contributed by atoms with E-state index >= 15 is 0 Å². The molecule has 0 saturated carbocycles. The standard InChI is InChI=1S/C18H18N6O3/c1-26-16-6-13(3-2-12(16)8-20)22-18-14(17(21)25)9-24(23-18)15-10-27-5-4-11(15)7-19/h2-3,6,9,11,15H,4-5,10H2,1H3,(H2,21,25)(H,22,23)/t11-,15+/m1/s1. The van der Waals surface area contributed by atoms with Crippen molar-refractivity contribution < 1.29 is 14.3 Å². The highest BCUT2D eigenvalue weighted by atomic mass is 16.5. The van der Waals surface area contributed by atoms with Crippen molar-refractivity contribution in [3.8, 4) is 17.9 Å². The van der Waals surface area contributed by atoms with Crippen LogP contribution in [0.3, 0.4) is 0 Å². The molecule has 1 aliphatic rings. The van der Waals surface area contributed by atoms with Gasteiger partial charge in [-0.15, -0.1) is 0 Å². The number of nitriles is 2. The zero-order valence-corrected chi connectivity index (χ0v) is 14.7. The van der Waals surface area contributed by atoms with Crippen LogP contribution in [-0.2, 0) is 4.74 Å². The molecule has 0 bridgehead atoms. The molecule has 2 heterocycles. The highest BCUT2D eigenvalue weighted by Crippen LogP contribution is 2.30. The third-order valence-corrected chi connectivity index (χ3v) is 4.41. The lowest BCUT2D eigenvalue weighted by molar-refractivity contribution is 0.0342. The van der Waals surface area contributed by atoms with Gasteiger partial charge in [-0.3, -0.25) is 9.48 Å². The number of methoxy groups -OCH3 is 1. The number of nitrogens with one attached hydrogen (secondary N) is 1. The van der Waals surface area contributed by atoms with Crippen molar-refractivity contribution in [3.63, 3.8) is 0 Å². The zero-order chi connectivity index (χ0) is 19.4. The summed E-state index contributed by atoms with van der Waals surface area (Å²) < 4.78 is 12.2. The number of hydrogen-bond acceptors (Lipinski definition) is 7. The molecule has 0 unspecified atom stereocenters. The lowest BCUT2D eigenvalue weighted by atomic mass is 9.97. The van der Waals surface area contributed by atoms with Crippen LogP contribution in [0.1, 0.15) is 28.4 Å². The van der Waals surface area contributed by atoms with Crippen LogP contribution >= 0.6 is 0 Å². The lowest BCUT2D eigenvalue weighted by Crippen LogP contribution is -2.29. The second kappa shape index (κ2) is 7.77. The van der Waals surface area contributed by atoms with Gasteiger partial charge in [-0.25, -0.2) is 0 Å². The van der Waals surface area contributed by atoms with Crippen molar-refractivity contribution >= 4 is 17.4 Å². The molecule has 0 radical (unpaired) electrons. The molecule has 1 saturated heterocycles. The van der Waals surface area contributed by atoms with E-state index in [2.05, 4.69) is 16.5 Å². The van der Waals surface area contributed by atoms with Crippen LogP contribution < -0.4 is 15.8 Å². The van der Waals surface area contributed by atoms with E-state index in [0.29, 0.717) is 36.6 Å². The van der Waals surface area contributed by atoms with Crippen molar-refractivity contribution in [3.05, 3.63) is 35.5 Å². The second-order valence-corrected chi connectivity index (χ2v) is 6.05. The first-order valence-electron chi connectivity index (χ1n) is 8.28. The Morgan fingerprint density at radius 3 is 2.96 bits per heavy atom. The number of aromatic nitrogens is 2. The maximum absolute atomic E-state index is 11.8. The number of ether oxygens (including phenoxy) is 2. The third kappa shape index (κ3) is 3.68. The SMILES string of the molecule is COc1cc(Nc2nn([C@H]3COCC[C@@H]3C#N)cc2C(N)=O)ccc1C#N. The predicted octanol–water partition coefficient (Wildman–Crippen LogP) is 1.71. The first-order valence-corrected chi connectivity index (χ1v) is 8.28. The number of carbonyl (C=O) groups excluding carboxylic acids is 1. The van der Waals surface area contributed by atoms with Crippen molar-refractivity contribution in [2.75, 3.05) is 25.6 Å². The zero-order valence-electron chi connectivity index (χ0n) is 14.7. The molecule has 2 aromatic rings. The molecular weight excluding hydrogens is 348 g/mol. The van der Waals surface area contributed by atoms with Gasteiger partial charge >= 0.3 is 0 Å². The van der Waals surface area contributed by atoms with E-state index in [-0.39, 0.29) is 23.3 Å². The molecule has 1 aliphatic heterocycles. The lowest BCUT2D eigenvalue weighted by Gasteiger charge is -2.26. The molecule has 2 atom stereocenters. The average Bonchev–Trinajstić information content (AvgIpc) is 3.11. The number of benzene rings is 1. The van der Waals surface area contributed by atoms with E-state index in [4.69, 9.17) is 20.5 Å². The van der Waals surface area contributed by atoms with E-state index in [1.54, 1.807) is 22.9 Å². The number of nitrogens with two attached hydrogens (primary N) is 1. The Kier molecular flexibility index (Phi) is 5.25. The molecule has 1 fully saturated rings. The van der Waals surface area contributed by atoms with Crippen LogP contribution in [0.5, 0.6) is 5.75 Å². The Bertz CT molecular complexity index is 940. The summed E-state index contributed by atoms with van der Waals surface area (Å²) >= 11 is 0. The minimum atomic E-state index is -0.644. The first-order chi connectivity index (χ1) is 13.1. The van der Waals surface area contributed by atoms with E-state index in [1.807, 2.05) is 6.07 Å². The summed E-state index contributed by atoms with van der Waals surface area (Å²) in [6.07, 6.45) is 2.12. The van der Waals surface area contributed by atoms with Crippen LogP contribution in [-0.4, -0.2) is 36.0 Å². The van der Waals surface area contributed by atoms with Gasteiger partial charge in [-0.1, -0.05) is 0 Å². The summed E-state index contributed by atoms with van der Waals surface area (Å²) in [4.78, 5) is 11.8. The summed E-state index contributed by atoms with van der Waals surface area (Å²) in [5.74, 6) is -0.249. The molecule has 1 aromatic heterocycles. The molecule has 3 N–H and O–H groups in total. The quantitative estimate of drug-likeness (QED) is 0.821. The number of nitrogens with zero attached hydrogens (tertiary/aromatic N) is 4. The predicted molar refractivity (Wildman–Crippen MR) is 95.3 cm³/mol. The molecule has 9 heteroatoms. The fraction of sp³-hybridized carbons (Fsp3) is 0.333. The second-order valence-electron chi connectivity index (χ2n) is 6.05. The number of anilines is 2. The van der Waals surface area contributed by atoms with Gasteiger partial charge < -0.3 is 20.5 Å². The van der Waals surface area contributed by atoms with Crippen molar-refractivity contribution in [1.82, 2.24) is 9.78 Å². The van der Waals surface area contributed by atoms with Gasteiger partial charge in [0.15, 0.2) is 5.82 Å². The molecular formula is C18H18N6O3. The normalized spacial score (nSPS) is 18.9. The molecule has 27 heavy (non-hydrogen) atoms. The number of hydrogen-bond donors (Lipinski definition) is 2. The van der Waals surface area contributed by atoms with Gasteiger partial charge in [0.25, 0.3) is 5.91 Å². The molecule has 0 aliphatic carbocycles. The maximum Gasteiger partial charge on any atom is 0.254 e. The van der Waals surface area contributed by atoms with Gasteiger partial charge in [0.1, 0.15) is 17.4 Å². The molecule has 9 nitrogen and oxygen atoms in total. The van der Waals surface area contributed by atoms with E-state index < -0.39 is 5.91 Å². The number of amides is 1. The van der Waals surface area contributed by atoms with Crippen LogP contribution in [0.2, 0.25) is 0 Å². The van der Waals surface area contributed by atoms with E-state index in [9.17, 15) is 10.1 Å². The molecule has 1 amide bonds. The van der Waals surface area contributed by atoms with Crippen molar-refractivity contribution in [2.45, 2.75) is 12.5 Å². The third-order valence-electron chi connectivity index (χ3n) is 4.41.